The third-order valence-corrected chi connectivity index (χ3v) is 9.03. The Labute approximate surface area is 222 Å². The molecule has 0 spiro atoms. The summed E-state index contributed by atoms with van der Waals surface area (Å²) in [5, 5.41) is 0.794. The summed E-state index contributed by atoms with van der Waals surface area (Å²) in [6, 6.07) is 9.44. The van der Waals surface area contributed by atoms with Crippen LogP contribution in [0.1, 0.15) is 32.6 Å². The Hall–Kier alpha value is -0.851. The fourth-order valence-corrected chi connectivity index (χ4v) is 6.92. The number of alkyl halides is 1. The van der Waals surface area contributed by atoms with E-state index in [9.17, 15) is 0 Å². The van der Waals surface area contributed by atoms with Crippen molar-refractivity contribution in [2.24, 2.45) is 0 Å². The minimum Gasteiger partial charge on any atom is -0.127 e. The van der Waals surface area contributed by atoms with Gasteiger partial charge in [-0.2, -0.15) is 0 Å². The Bertz CT molecular complexity index is 815. The fourth-order valence-electron chi connectivity index (χ4n) is 2.99. The predicted octanol–water partition coefficient (Wildman–Crippen LogP) is 9.10. The van der Waals surface area contributed by atoms with Crippen LogP contribution >= 0.6 is 23.2 Å². The van der Waals surface area contributed by atoms with Gasteiger partial charge in [0.05, 0.1) is 0 Å². The minimum absolute atomic E-state index is 0.0833. The molecule has 4 heteroatoms. The molecule has 0 aliphatic heterocycles. The molecule has 0 radical (unpaired) electrons. The standard InChI is InChI=1S/C6H5Cl.4C5H5.C2H5Cl.2Ti/c7-6-4-2-1-3-5-6;4*1-2-4-5-3-1;1-2-3;;/h1-5H;4*1-3H,4H2;2H2,1H3;;. The van der Waals surface area contributed by atoms with E-state index in [0.717, 1.165) is 10.9 Å². The van der Waals surface area contributed by atoms with Crippen LogP contribution in [0.2, 0.25) is 5.02 Å². The SMILES string of the molecule is C1=CC[C]([Ti][C]2=CC=CC2)=C1.C1=CC[C]([Ti][C]2=CC=CC2)=C1.CCCl.Clc1ccccc1. The summed E-state index contributed by atoms with van der Waals surface area (Å²) in [5.74, 6) is 0.722. The summed E-state index contributed by atoms with van der Waals surface area (Å²) < 4.78 is 6.72. The molecule has 0 saturated heterocycles. The van der Waals surface area contributed by atoms with Crippen LogP contribution in [0, 0.1) is 0 Å². The van der Waals surface area contributed by atoms with Gasteiger partial charge in [0.15, 0.2) is 0 Å². The van der Waals surface area contributed by atoms with Crippen molar-refractivity contribution in [1.82, 2.24) is 0 Å². The molecule has 0 amide bonds. The summed E-state index contributed by atoms with van der Waals surface area (Å²) in [5.41, 5.74) is 0. The quantitative estimate of drug-likeness (QED) is 0.268. The molecule has 0 unspecified atom stereocenters. The zero-order chi connectivity index (χ0) is 22.9. The van der Waals surface area contributed by atoms with Gasteiger partial charge in [-0.1, -0.05) is 36.7 Å². The van der Waals surface area contributed by atoms with Crippen molar-refractivity contribution >= 4 is 23.2 Å². The summed E-state index contributed by atoms with van der Waals surface area (Å²) >= 11 is 10.7. The summed E-state index contributed by atoms with van der Waals surface area (Å²) in [6.45, 7) is 1.89. The molecule has 0 heterocycles. The van der Waals surface area contributed by atoms with Crippen LogP contribution in [0.5, 0.6) is 0 Å². The molecule has 1 aromatic carbocycles. The van der Waals surface area contributed by atoms with E-state index in [-0.39, 0.29) is 38.3 Å². The zero-order valence-electron chi connectivity index (χ0n) is 18.6. The van der Waals surface area contributed by atoms with Gasteiger partial charge in [0, 0.05) is 10.9 Å². The summed E-state index contributed by atoms with van der Waals surface area (Å²) in [7, 11) is 0. The maximum Gasteiger partial charge on any atom is 0.0405 e. The number of allylic oxidation sites excluding steroid dienone is 16. The first kappa shape index (κ1) is 27.4. The molecular weight excluding hydrogens is 503 g/mol. The first-order valence-corrected chi connectivity index (χ1v) is 15.0. The second-order valence-electron chi connectivity index (χ2n) is 7.11. The van der Waals surface area contributed by atoms with Gasteiger partial charge in [-0.15, -0.1) is 11.6 Å². The normalized spacial score (nSPS) is 16.5. The zero-order valence-corrected chi connectivity index (χ0v) is 23.2. The van der Waals surface area contributed by atoms with Gasteiger partial charge in [-0.3, -0.25) is 0 Å². The van der Waals surface area contributed by atoms with E-state index in [0.29, 0.717) is 0 Å². The molecule has 0 aromatic heterocycles. The first-order chi connectivity index (χ1) is 15.7. The van der Waals surface area contributed by atoms with Crippen LogP contribution in [0.4, 0.5) is 0 Å². The summed E-state index contributed by atoms with van der Waals surface area (Å²) in [6.07, 6.45) is 31.8. The van der Waals surface area contributed by atoms with E-state index in [1.165, 1.54) is 25.7 Å². The van der Waals surface area contributed by atoms with Crippen LogP contribution in [0.25, 0.3) is 0 Å². The first-order valence-electron chi connectivity index (χ1n) is 10.9. The van der Waals surface area contributed by atoms with E-state index in [1.807, 2.05) is 37.3 Å². The van der Waals surface area contributed by atoms with Gasteiger partial charge in [0.1, 0.15) is 0 Å². The van der Waals surface area contributed by atoms with Crippen LogP contribution in [-0.4, -0.2) is 5.88 Å². The fraction of sp³-hybridized carbons (Fsp3) is 0.214. The van der Waals surface area contributed by atoms with E-state index < -0.39 is 0 Å². The monoisotopic (exact) mass is 532 g/mol. The Morgan fingerprint density at radius 3 is 1.12 bits per heavy atom. The third kappa shape index (κ3) is 12.4. The topological polar surface area (TPSA) is 0 Å². The summed E-state index contributed by atoms with van der Waals surface area (Å²) in [4.78, 5) is 0. The average molecular weight is 533 g/mol. The van der Waals surface area contributed by atoms with Crippen molar-refractivity contribution in [2.75, 3.05) is 5.88 Å². The predicted molar refractivity (Wildman–Crippen MR) is 135 cm³/mol. The molecule has 1 aromatic rings. The Balaban J connectivity index is 0.000000164. The molecule has 4 aliphatic carbocycles. The molecule has 0 bridgehead atoms. The van der Waals surface area contributed by atoms with Crippen LogP contribution in [0.15, 0.2) is 119 Å². The maximum absolute atomic E-state index is 5.54. The average Bonchev–Trinajstić information content (AvgIpc) is 3.61. The molecule has 0 saturated carbocycles. The third-order valence-electron chi connectivity index (χ3n) is 4.46. The molecule has 5 rings (SSSR count). The number of benzene rings is 1. The van der Waals surface area contributed by atoms with E-state index in [2.05, 4.69) is 72.9 Å². The van der Waals surface area contributed by atoms with Gasteiger partial charge < -0.3 is 0 Å². The largest absolute Gasteiger partial charge is 0.127 e. The molecule has 4 aliphatic rings. The number of hydrogen-bond donors (Lipinski definition) is 0. The Morgan fingerprint density at radius 1 is 0.625 bits per heavy atom. The second kappa shape index (κ2) is 17.6. The maximum atomic E-state index is 5.54. The van der Waals surface area contributed by atoms with E-state index >= 15 is 0 Å². The van der Waals surface area contributed by atoms with Crippen molar-refractivity contribution in [1.29, 1.82) is 0 Å². The van der Waals surface area contributed by atoms with Gasteiger partial charge >= 0.3 is 152 Å². The minimum atomic E-state index is 0.0833. The number of rotatable bonds is 4. The van der Waals surface area contributed by atoms with Crippen molar-refractivity contribution in [3.8, 4) is 0 Å². The van der Waals surface area contributed by atoms with Crippen LogP contribution in [0.3, 0.4) is 0 Å². The molecule has 32 heavy (non-hydrogen) atoms. The number of halogens is 2. The van der Waals surface area contributed by atoms with Gasteiger partial charge in [-0.25, -0.2) is 0 Å². The molecule has 0 N–H and O–H groups in total. The molecular formula is C28H30Cl2Ti2. The molecule has 164 valence electrons. The van der Waals surface area contributed by atoms with Crippen molar-refractivity contribution in [3.63, 3.8) is 0 Å². The molecule has 0 nitrogen and oxygen atoms in total. The van der Waals surface area contributed by atoms with Gasteiger partial charge in [0.25, 0.3) is 0 Å². The van der Waals surface area contributed by atoms with Gasteiger partial charge in [-0.05, 0) is 12.1 Å². The van der Waals surface area contributed by atoms with E-state index in [1.54, 1.807) is 15.5 Å². The van der Waals surface area contributed by atoms with Crippen LogP contribution in [-0.2, 0) is 38.3 Å². The second-order valence-corrected chi connectivity index (χ2v) is 12.9. The van der Waals surface area contributed by atoms with Crippen molar-refractivity contribution in [3.05, 3.63) is 124 Å². The van der Waals surface area contributed by atoms with E-state index in [4.69, 9.17) is 23.2 Å². The number of hydrogen-bond acceptors (Lipinski definition) is 0. The Kier molecular flexibility index (Phi) is 15.1. The smallest absolute Gasteiger partial charge is 0.0405 e. The molecule has 0 atom stereocenters. The van der Waals surface area contributed by atoms with Crippen LogP contribution < -0.4 is 0 Å². The Morgan fingerprint density at radius 2 is 0.938 bits per heavy atom. The van der Waals surface area contributed by atoms with Crippen molar-refractivity contribution < 1.29 is 38.3 Å². The van der Waals surface area contributed by atoms with Gasteiger partial charge in [0.2, 0.25) is 0 Å². The molecule has 0 fully saturated rings. The van der Waals surface area contributed by atoms with Crippen molar-refractivity contribution in [2.45, 2.75) is 32.6 Å².